The van der Waals surface area contributed by atoms with Gasteiger partial charge in [0.2, 0.25) is 5.91 Å². The monoisotopic (exact) mass is 320 g/mol. The van der Waals surface area contributed by atoms with Crippen molar-refractivity contribution in [1.82, 2.24) is 0 Å². The summed E-state index contributed by atoms with van der Waals surface area (Å²) >= 11 is 11.9. The van der Waals surface area contributed by atoms with Crippen molar-refractivity contribution < 1.29 is 9.59 Å². The summed E-state index contributed by atoms with van der Waals surface area (Å²) in [5, 5.41) is 6.10. The van der Waals surface area contributed by atoms with Crippen molar-refractivity contribution in [3.8, 4) is 0 Å². The van der Waals surface area contributed by atoms with E-state index < -0.39 is 0 Å². The Morgan fingerprint density at radius 2 is 2.00 bits per heavy atom. The standard InChI is InChI=1S/C15H10Cl2N2O2/c16-10-2-1-3-12(14(10)17)19-15(21)8-4-5-11-9(6-8)7-13(20)18-11/h1-6H,7H2,(H,18,20)(H,19,21). The van der Waals surface area contributed by atoms with Crippen LogP contribution in [0.5, 0.6) is 0 Å². The molecular weight excluding hydrogens is 311 g/mol. The summed E-state index contributed by atoms with van der Waals surface area (Å²) in [5.74, 6) is -0.373. The van der Waals surface area contributed by atoms with E-state index in [1.165, 1.54) is 0 Å². The molecule has 1 aliphatic heterocycles. The Morgan fingerprint density at radius 1 is 1.19 bits per heavy atom. The molecule has 0 aliphatic carbocycles. The highest BCUT2D eigenvalue weighted by Gasteiger charge is 2.19. The van der Waals surface area contributed by atoms with E-state index in [1.54, 1.807) is 36.4 Å². The minimum absolute atomic E-state index is 0.0690. The van der Waals surface area contributed by atoms with Crippen LogP contribution in [0.4, 0.5) is 11.4 Å². The van der Waals surface area contributed by atoms with E-state index in [0.29, 0.717) is 21.3 Å². The molecule has 6 heteroatoms. The molecule has 3 rings (SSSR count). The van der Waals surface area contributed by atoms with E-state index in [2.05, 4.69) is 10.6 Å². The predicted octanol–water partition coefficient (Wildman–Crippen LogP) is 3.74. The van der Waals surface area contributed by atoms with Crippen LogP contribution < -0.4 is 10.6 Å². The lowest BCUT2D eigenvalue weighted by atomic mass is 10.1. The van der Waals surface area contributed by atoms with Crippen LogP contribution in [0.3, 0.4) is 0 Å². The average Bonchev–Trinajstić information content (AvgIpc) is 2.82. The second-order valence-corrected chi connectivity index (χ2v) is 5.44. The predicted molar refractivity (Wildman–Crippen MR) is 83.2 cm³/mol. The lowest BCUT2D eigenvalue weighted by molar-refractivity contribution is -0.115. The third kappa shape index (κ3) is 2.73. The van der Waals surface area contributed by atoms with Crippen molar-refractivity contribution in [3.05, 3.63) is 57.6 Å². The number of amides is 2. The van der Waals surface area contributed by atoms with E-state index in [4.69, 9.17) is 23.2 Å². The minimum atomic E-state index is -0.304. The molecule has 21 heavy (non-hydrogen) atoms. The lowest BCUT2D eigenvalue weighted by Crippen LogP contribution is -2.12. The Kier molecular flexibility index (Phi) is 3.57. The van der Waals surface area contributed by atoms with Crippen LogP contribution in [0.1, 0.15) is 15.9 Å². The number of halogens is 2. The van der Waals surface area contributed by atoms with Gasteiger partial charge in [0.05, 0.1) is 22.2 Å². The number of carbonyl (C=O) groups is 2. The summed E-state index contributed by atoms with van der Waals surface area (Å²) < 4.78 is 0. The van der Waals surface area contributed by atoms with Crippen LogP contribution >= 0.6 is 23.2 Å². The van der Waals surface area contributed by atoms with Crippen LogP contribution in [0, 0.1) is 0 Å². The first-order valence-electron chi connectivity index (χ1n) is 6.23. The first kappa shape index (κ1) is 13.9. The Bertz CT molecular complexity index is 759. The van der Waals surface area contributed by atoms with Crippen LogP contribution in [-0.2, 0) is 11.2 Å². The van der Waals surface area contributed by atoms with E-state index in [1.807, 2.05) is 0 Å². The van der Waals surface area contributed by atoms with Crippen molar-refractivity contribution in [1.29, 1.82) is 0 Å². The molecule has 0 unspecified atom stereocenters. The number of anilines is 2. The Morgan fingerprint density at radius 3 is 2.81 bits per heavy atom. The number of rotatable bonds is 2. The summed E-state index contributed by atoms with van der Waals surface area (Å²) in [7, 11) is 0. The molecule has 2 N–H and O–H groups in total. The maximum absolute atomic E-state index is 12.2. The maximum atomic E-state index is 12.2. The van der Waals surface area contributed by atoms with Gasteiger partial charge in [-0.05, 0) is 35.9 Å². The second kappa shape index (κ2) is 5.39. The third-order valence-corrected chi connectivity index (χ3v) is 4.01. The van der Waals surface area contributed by atoms with Crippen LogP contribution in [0.25, 0.3) is 0 Å². The van der Waals surface area contributed by atoms with Gasteiger partial charge >= 0.3 is 0 Å². The number of carbonyl (C=O) groups excluding carboxylic acids is 2. The summed E-state index contributed by atoms with van der Waals surface area (Å²) in [6.07, 6.45) is 0.286. The van der Waals surface area contributed by atoms with Gasteiger partial charge in [-0.2, -0.15) is 0 Å². The lowest BCUT2D eigenvalue weighted by Gasteiger charge is -2.09. The van der Waals surface area contributed by atoms with Crippen LogP contribution in [-0.4, -0.2) is 11.8 Å². The van der Waals surface area contributed by atoms with E-state index in [0.717, 1.165) is 11.3 Å². The van der Waals surface area contributed by atoms with Crippen LogP contribution in [0.2, 0.25) is 10.0 Å². The van der Waals surface area contributed by atoms with Crippen molar-refractivity contribution in [2.75, 3.05) is 10.6 Å². The molecule has 1 aliphatic rings. The molecular formula is C15H10Cl2N2O2. The van der Waals surface area contributed by atoms with Gasteiger partial charge in [0.1, 0.15) is 0 Å². The molecule has 0 fully saturated rings. The zero-order valence-corrected chi connectivity index (χ0v) is 12.3. The van der Waals surface area contributed by atoms with Gasteiger partial charge in [-0.1, -0.05) is 29.3 Å². The fourth-order valence-corrected chi connectivity index (χ4v) is 2.51. The van der Waals surface area contributed by atoms with Crippen LogP contribution in [0.15, 0.2) is 36.4 Å². The highest BCUT2D eigenvalue weighted by atomic mass is 35.5. The molecule has 0 saturated heterocycles. The molecule has 0 bridgehead atoms. The summed E-state index contributed by atoms with van der Waals surface area (Å²) in [6, 6.07) is 10.1. The van der Waals surface area contributed by atoms with E-state index in [9.17, 15) is 9.59 Å². The van der Waals surface area contributed by atoms with Gasteiger partial charge in [-0.3, -0.25) is 9.59 Å². The molecule has 2 aromatic rings. The number of benzene rings is 2. The SMILES string of the molecule is O=C1Cc2cc(C(=O)Nc3cccc(Cl)c3Cl)ccc2N1. The summed E-state index contributed by atoms with van der Waals surface area (Å²) in [6.45, 7) is 0. The van der Waals surface area contributed by atoms with E-state index in [-0.39, 0.29) is 18.2 Å². The zero-order chi connectivity index (χ0) is 15.0. The van der Waals surface area contributed by atoms with Crippen molar-refractivity contribution in [2.45, 2.75) is 6.42 Å². The molecule has 0 spiro atoms. The van der Waals surface area contributed by atoms with E-state index >= 15 is 0 Å². The highest BCUT2D eigenvalue weighted by molar-refractivity contribution is 6.44. The quantitative estimate of drug-likeness (QED) is 0.885. The maximum Gasteiger partial charge on any atom is 0.255 e. The van der Waals surface area contributed by atoms with Gasteiger partial charge in [0, 0.05) is 11.3 Å². The van der Waals surface area contributed by atoms with Gasteiger partial charge in [0.15, 0.2) is 0 Å². The Balaban J connectivity index is 1.85. The first-order chi connectivity index (χ1) is 10.0. The molecule has 0 aromatic heterocycles. The molecule has 0 atom stereocenters. The topological polar surface area (TPSA) is 58.2 Å². The van der Waals surface area contributed by atoms with Gasteiger partial charge in [0.25, 0.3) is 5.91 Å². The zero-order valence-electron chi connectivity index (χ0n) is 10.7. The summed E-state index contributed by atoms with van der Waals surface area (Å²) in [5.41, 5.74) is 2.47. The molecule has 0 radical (unpaired) electrons. The van der Waals surface area contributed by atoms with Crippen molar-refractivity contribution in [2.24, 2.45) is 0 Å². The molecule has 2 aromatic carbocycles. The number of fused-ring (bicyclic) bond motifs is 1. The minimum Gasteiger partial charge on any atom is -0.326 e. The molecule has 106 valence electrons. The first-order valence-corrected chi connectivity index (χ1v) is 6.98. The van der Waals surface area contributed by atoms with Gasteiger partial charge in [-0.25, -0.2) is 0 Å². The summed E-state index contributed by atoms with van der Waals surface area (Å²) in [4.78, 5) is 23.6. The molecule has 1 heterocycles. The molecule has 4 nitrogen and oxygen atoms in total. The van der Waals surface area contributed by atoms with Crippen molar-refractivity contribution >= 4 is 46.4 Å². The van der Waals surface area contributed by atoms with Crippen molar-refractivity contribution in [3.63, 3.8) is 0 Å². The average molecular weight is 321 g/mol. The molecule has 0 saturated carbocycles. The highest BCUT2D eigenvalue weighted by Crippen LogP contribution is 2.30. The number of nitrogens with one attached hydrogen (secondary N) is 2. The van der Waals surface area contributed by atoms with Gasteiger partial charge < -0.3 is 10.6 Å². The normalized spacial score (nSPS) is 12.8. The van der Waals surface area contributed by atoms with Gasteiger partial charge in [-0.15, -0.1) is 0 Å². The number of hydrogen-bond acceptors (Lipinski definition) is 2. The Labute approximate surface area is 131 Å². The third-order valence-electron chi connectivity index (χ3n) is 3.19. The smallest absolute Gasteiger partial charge is 0.255 e. The Hall–Kier alpha value is -2.04. The molecule has 2 amide bonds. The fraction of sp³-hybridized carbons (Fsp3) is 0.0667. The number of hydrogen-bond donors (Lipinski definition) is 2. The second-order valence-electron chi connectivity index (χ2n) is 4.65. The largest absolute Gasteiger partial charge is 0.326 e. The fourth-order valence-electron chi connectivity index (χ4n) is 2.17.